The molecule has 0 aromatic heterocycles. The second kappa shape index (κ2) is 7.64. The van der Waals surface area contributed by atoms with E-state index >= 15 is 0 Å². The van der Waals surface area contributed by atoms with Crippen LogP contribution in [-0.4, -0.2) is 38.3 Å². The Morgan fingerprint density at radius 2 is 1.68 bits per heavy atom. The molecule has 2 aromatic carbocycles. The summed E-state index contributed by atoms with van der Waals surface area (Å²) in [5.41, 5.74) is 2.74. The lowest BCUT2D eigenvalue weighted by Crippen LogP contribution is -2.44. The monoisotopic (exact) mass is 402 g/mol. The minimum atomic E-state index is -3.48. The van der Waals surface area contributed by atoms with Crippen molar-refractivity contribution in [3.05, 3.63) is 65.5 Å². The molecular weight excluding hydrogens is 379 g/mol. The number of rotatable bonds is 4. The molecule has 1 amide bonds. The van der Waals surface area contributed by atoms with Crippen LogP contribution in [0.2, 0.25) is 0 Å². The molecule has 148 valence electrons. The molecule has 7 heteroatoms. The first-order valence-corrected chi connectivity index (χ1v) is 11.2. The van der Waals surface area contributed by atoms with Gasteiger partial charge in [-0.05, 0) is 48.6 Å². The van der Waals surface area contributed by atoms with E-state index in [2.05, 4.69) is 0 Å². The number of carbonyl (C=O) groups is 1. The summed E-state index contributed by atoms with van der Waals surface area (Å²) in [7, 11) is -3.48. The van der Waals surface area contributed by atoms with Gasteiger partial charge in [0.05, 0.1) is 5.75 Å². The van der Waals surface area contributed by atoms with Gasteiger partial charge in [0.2, 0.25) is 15.9 Å². The van der Waals surface area contributed by atoms with Gasteiger partial charge < -0.3 is 4.90 Å². The summed E-state index contributed by atoms with van der Waals surface area (Å²) in [6, 6.07) is 13.5. The minimum Gasteiger partial charge on any atom is -0.312 e. The zero-order valence-electron chi connectivity index (χ0n) is 15.6. The van der Waals surface area contributed by atoms with Crippen LogP contribution in [0.5, 0.6) is 0 Å². The van der Waals surface area contributed by atoms with Crippen LogP contribution >= 0.6 is 0 Å². The highest BCUT2D eigenvalue weighted by Gasteiger charge is 2.35. The van der Waals surface area contributed by atoms with Crippen molar-refractivity contribution >= 4 is 21.6 Å². The molecule has 0 bridgehead atoms. The second-order valence-corrected chi connectivity index (χ2v) is 9.39. The average molecular weight is 402 g/mol. The zero-order valence-corrected chi connectivity index (χ0v) is 16.4. The molecular formula is C21H23FN2O3S. The molecule has 28 heavy (non-hydrogen) atoms. The summed E-state index contributed by atoms with van der Waals surface area (Å²) >= 11 is 0. The quantitative estimate of drug-likeness (QED) is 0.790. The number of amides is 1. The fraction of sp³-hybridized carbons (Fsp3) is 0.381. The topological polar surface area (TPSA) is 57.7 Å². The fourth-order valence-electron chi connectivity index (χ4n) is 4.05. The van der Waals surface area contributed by atoms with E-state index in [0.717, 1.165) is 12.1 Å². The number of fused-ring (bicyclic) bond motifs is 1. The number of benzene rings is 2. The summed E-state index contributed by atoms with van der Waals surface area (Å²) in [6.45, 7) is 1.38. The van der Waals surface area contributed by atoms with Crippen molar-refractivity contribution < 1.29 is 17.6 Å². The molecule has 1 saturated heterocycles. The van der Waals surface area contributed by atoms with Crippen molar-refractivity contribution in [2.75, 3.05) is 24.5 Å². The van der Waals surface area contributed by atoms with Crippen LogP contribution in [0.15, 0.2) is 48.5 Å². The van der Waals surface area contributed by atoms with E-state index in [-0.39, 0.29) is 23.4 Å². The summed E-state index contributed by atoms with van der Waals surface area (Å²) in [6.07, 6.45) is 1.92. The van der Waals surface area contributed by atoms with Gasteiger partial charge in [-0.25, -0.2) is 17.1 Å². The lowest BCUT2D eigenvalue weighted by atomic mass is 9.96. The number of sulfonamides is 1. The maximum Gasteiger partial charge on any atom is 0.230 e. The van der Waals surface area contributed by atoms with Gasteiger partial charge in [0.15, 0.2) is 0 Å². The number of carbonyl (C=O) groups excluding carboxylic acids is 1. The van der Waals surface area contributed by atoms with Crippen molar-refractivity contribution in [3.8, 4) is 0 Å². The zero-order chi connectivity index (χ0) is 19.7. The van der Waals surface area contributed by atoms with Gasteiger partial charge >= 0.3 is 0 Å². The van der Waals surface area contributed by atoms with Crippen LogP contribution in [0.25, 0.3) is 0 Å². The highest BCUT2D eigenvalue weighted by atomic mass is 32.2. The molecule has 0 N–H and O–H groups in total. The van der Waals surface area contributed by atoms with Crippen LogP contribution < -0.4 is 4.90 Å². The van der Waals surface area contributed by atoms with Crippen molar-refractivity contribution in [1.82, 2.24) is 4.31 Å². The van der Waals surface area contributed by atoms with Gasteiger partial charge in [-0.3, -0.25) is 4.79 Å². The SMILES string of the molecule is O=C(C1CCN(S(=O)(=O)Cc2ccc(F)cc2)CC1)N1CCc2ccccc21. The third kappa shape index (κ3) is 3.82. The van der Waals surface area contributed by atoms with Gasteiger partial charge in [-0.2, -0.15) is 0 Å². The smallest absolute Gasteiger partial charge is 0.230 e. The van der Waals surface area contributed by atoms with Gasteiger partial charge in [-0.1, -0.05) is 30.3 Å². The highest BCUT2D eigenvalue weighted by Crippen LogP contribution is 2.31. The lowest BCUT2D eigenvalue weighted by Gasteiger charge is -2.32. The van der Waals surface area contributed by atoms with Crippen LogP contribution in [0, 0.1) is 11.7 Å². The van der Waals surface area contributed by atoms with Gasteiger partial charge in [0, 0.05) is 31.2 Å². The third-order valence-electron chi connectivity index (χ3n) is 5.61. The summed E-state index contributed by atoms with van der Waals surface area (Å²) in [4.78, 5) is 14.8. The summed E-state index contributed by atoms with van der Waals surface area (Å²) in [5.74, 6) is -0.585. The first kappa shape index (κ1) is 19.1. The van der Waals surface area contributed by atoms with E-state index in [1.54, 1.807) is 0 Å². The van der Waals surface area contributed by atoms with E-state index in [0.29, 0.717) is 38.0 Å². The van der Waals surface area contributed by atoms with Crippen LogP contribution in [0.1, 0.15) is 24.0 Å². The number of hydrogen-bond acceptors (Lipinski definition) is 3. The number of nitrogens with zero attached hydrogens (tertiary/aromatic N) is 2. The molecule has 2 aliphatic rings. The minimum absolute atomic E-state index is 0.0977. The molecule has 0 radical (unpaired) electrons. The van der Waals surface area contributed by atoms with E-state index in [4.69, 9.17) is 0 Å². The Morgan fingerprint density at radius 1 is 1.00 bits per heavy atom. The number of halogens is 1. The molecule has 4 rings (SSSR count). The van der Waals surface area contributed by atoms with Crippen LogP contribution in [-0.2, 0) is 27.0 Å². The fourth-order valence-corrected chi connectivity index (χ4v) is 5.61. The molecule has 0 saturated carbocycles. The lowest BCUT2D eigenvalue weighted by molar-refractivity contribution is -0.123. The number of hydrogen-bond donors (Lipinski definition) is 0. The molecule has 0 unspecified atom stereocenters. The van der Waals surface area contributed by atoms with E-state index in [1.807, 2.05) is 29.2 Å². The predicted molar refractivity (Wildman–Crippen MR) is 106 cm³/mol. The summed E-state index contributed by atoms with van der Waals surface area (Å²) < 4.78 is 39.8. The Kier molecular flexibility index (Phi) is 5.21. The van der Waals surface area contributed by atoms with Crippen LogP contribution in [0.4, 0.5) is 10.1 Å². The molecule has 2 aromatic rings. The molecule has 2 aliphatic heterocycles. The third-order valence-corrected chi connectivity index (χ3v) is 7.46. The van der Waals surface area contributed by atoms with E-state index in [1.165, 1.54) is 34.1 Å². The molecule has 0 aliphatic carbocycles. The second-order valence-electron chi connectivity index (χ2n) is 7.42. The Hall–Kier alpha value is -2.25. The van der Waals surface area contributed by atoms with Crippen LogP contribution in [0.3, 0.4) is 0 Å². The number of para-hydroxylation sites is 1. The Morgan fingerprint density at radius 3 is 2.39 bits per heavy atom. The molecule has 5 nitrogen and oxygen atoms in total. The molecule has 2 heterocycles. The highest BCUT2D eigenvalue weighted by molar-refractivity contribution is 7.88. The Balaban J connectivity index is 1.38. The first-order valence-electron chi connectivity index (χ1n) is 9.55. The maximum absolute atomic E-state index is 13.0. The van der Waals surface area contributed by atoms with Gasteiger partial charge in [-0.15, -0.1) is 0 Å². The maximum atomic E-state index is 13.0. The van der Waals surface area contributed by atoms with E-state index in [9.17, 15) is 17.6 Å². The van der Waals surface area contributed by atoms with Gasteiger partial charge in [0.1, 0.15) is 5.82 Å². The standard InChI is InChI=1S/C21H23FN2O3S/c22-19-7-5-16(6-8-19)15-28(26,27)23-12-9-18(10-13-23)21(25)24-14-11-17-3-1-2-4-20(17)24/h1-8,18H,9-15H2. The molecule has 1 fully saturated rings. The van der Waals surface area contributed by atoms with Crippen molar-refractivity contribution in [3.63, 3.8) is 0 Å². The normalized spacial score (nSPS) is 18.2. The Labute approximate surface area is 164 Å². The largest absolute Gasteiger partial charge is 0.312 e. The number of anilines is 1. The van der Waals surface area contributed by atoms with E-state index < -0.39 is 10.0 Å². The summed E-state index contributed by atoms with van der Waals surface area (Å²) in [5, 5.41) is 0. The number of piperidine rings is 1. The van der Waals surface area contributed by atoms with Gasteiger partial charge in [0.25, 0.3) is 0 Å². The van der Waals surface area contributed by atoms with Crippen molar-refractivity contribution in [2.24, 2.45) is 5.92 Å². The Bertz CT molecular complexity index is 967. The predicted octanol–water partition coefficient (Wildman–Crippen LogP) is 2.96. The van der Waals surface area contributed by atoms with Crippen molar-refractivity contribution in [2.45, 2.75) is 25.0 Å². The first-order chi connectivity index (χ1) is 13.4. The molecule has 0 atom stereocenters. The van der Waals surface area contributed by atoms with Crippen molar-refractivity contribution in [1.29, 1.82) is 0 Å². The molecule has 0 spiro atoms. The average Bonchev–Trinajstić information content (AvgIpc) is 3.13.